The molecule has 6 nitrogen and oxygen atoms in total. The highest BCUT2D eigenvalue weighted by molar-refractivity contribution is 7.91. The van der Waals surface area contributed by atoms with Gasteiger partial charge in [-0.25, -0.2) is 8.42 Å². The maximum Gasteiger partial charge on any atom is 0.251 e. The van der Waals surface area contributed by atoms with Crippen LogP contribution in [0.4, 0.5) is 0 Å². The van der Waals surface area contributed by atoms with Gasteiger partial charge in [-0.05, 0) is 24.1 Å². The van der Waals surface area contributed by atoms with Gasteiger partial charge in [-0.15, -0.1) is 11.3 Å². The van der Waals surface area contributed by atoms with Gasteiger partial charge in [-0.1, -0.05) is 37.3 Å². The fourth-order valence-corrected chi connectivity index (χ4v) is 5.27. The third-order valence-corrected chi connectivity index (χ3v) is 7.37. The zero-order valence-corrected chi connectivity index (χ0v) is 16.2. The molecule has 1 atom stereocenters. The first kappa shape index (κ1) is 19.0. The number of hydrogen-bond donors (Lipinski definition) is 1. The quantitative estimate of drug-likeness (QED) is 0.815. The number of sulfonamides is 1. The Balaban J connectivity index is 1.89. The molecule has 2 heterocycles. The molecule has 0 spiro atoms. The van der Waals surface area contributed by atoms with Gasteiger partial charge in [0.15, 0.2) is 0 Å². The van der Waals surface area contributed by atoms with Gasteiger partial charge in [-0.2, -0.15) is 4.72 Å². The predicted molar refractivity (Wildman–Crippen MR) is 101 cm³/mol. The molecule has 1 fully saturated rings. The monoisotopic (exact) mass is 394 g/mol. The molecular weight excluding hydrogens is 372 g/mol. The number of carbonyl (C=O) groups is 1. The van der Waals surface area contributed by atoms with Crippen molar-refractivity contribution in [2.45, 2.75) is 23.6 Å². The Morgan fingerprint density at radius 1 is 1.19 bits per heavy atom. The van der Waals surface area contributed by atoms with Gasteiger partial charge in [0.2, 0.25) is 5.91 Å². The zero-order chi connectivity index (χ0) is 18.6. The number of carbonyl (C=O) groups excluding carboxylic acids is 1. The van der Waals surface area contributed by atoms with Crippen molar-refractivity contribution in [1.82, 2.24) is 9.62 Å². The first-order valence-corrected chi connectivity index (χ1v) is 10.8. The van der Waals surface area contributed by atoms with Crippen LogP contribution < -0.4 is 4.72 Å². The van der Waals surface area contributed by atoms with Crippen LogP contribution in [0.25, 0.3) is 0 Å². The van der Waals surface area contributed by atoms with Crippen LogP contribution in [0.3, 0.4) is 0 Å². The van der Waals surface area contributed by atoms with Gasteiger partial charge in [0.1, 0.15) is 10.3 Å². The summed E-state index contributed by atoms with van der Waals surface area (Å²) in [6, 6.07) is 11.4. The number of ether oxygens (including phenoxy) is 1. The van der Waals surface area contributed by atoms with E-state index in [0.717, 1.165) is 11.3 Å². The molecule has 0 bridgehead atoms. The third-order valence-electron chi connectivity index (χ3n) is 4.23. The third kappa shape index (κ3) is 4.32. The topological polar surface area (TPSA) is 75.7 Å². The lowest BCUT2D eigenvalue weighted by Gasteiger charge is -2.30. The summed E-state index contributed by atoms with van der Waals surface area (Å²) in [7, 11) is -3.79. The molecule has 26 heavy (non-hydrogen) atoms. The van der Waals surface area contributed by atoms with Crippen molar-refractivity contribution in [3.05, 3.63) is 52.9 Å². The number of morpholine rings is 1. The van der Waals surface area contributed by atoms with Gasteiger partial charge in [0.25, 0.3) is 10.0 Å². The van der Waals surface area contributed by atoms with E-state index in [2.05, 4.69) is 4.72 Å². The number of aryl methyl sites for hydroxylation is 1. The summed E-state index contributed by atoms with van der Waals surface area (Å²) in [6.07, 6.45) is 0.773. The van der Waals surface area contributed by atoms with Crippen LogP contribution >= 0.6 is 11.3 Å². The molecule has 1 N–H and O–H groups in total. The Morgan fingerprint density at radius 3 is 2.50 bits per heavy atom. The maximum absolute atomic E-state index is 13.0. The fourth-order valence-electron chi connectivity index (χ4n) is 2.78. The standard InChI is InChI=1S/C18H22N2O4S2/c1-2-15-8-9-16(25-15)26(22,23)19-17(14-6-4-3-5-7-14)18(21)20-10-12-24-13-11-20/h3-9,17,19H,2,10-13H2,1H3/t17-/m0/s1. The summed E-state index contributed by atoms with van der Waals surface area (Å²) in [6.45, 7) is 3.83. The van der Waals surface area contributed by atoms with Crippen LogP contribution in [-0.2, 0) is 26.0 Å². The molecule has 1 saturated heterocycles. The molecule has 0 unspecified atom stereocenters. The van der Waals surface area contributed by atoms with E-state index in [0.29, 0.717) is 31.9 Å². The molecular formula is C18H22N2O4S2. The van der Waals surface area contributed by atoms with Crippen LogP contribution in [0.15, 0.2) is 46.7 Å². The predicted octanol–water partition coefficient (Wildman–Crippen LogP) is 2.19. The molecule has 0 saturated carbocycles. The van der Waals surface area contributed by atoms with E-state index in [1.54, 1.807) is 41.3 Å². The van der Waals surface area contributed by atoms with Gasteiger partial charge < -0.3 is 9.64 Å². The van der Waals surface area contributed by atoms with Crippen molar-refractivity contribution in [3.8, 4) is 0 Å². The van der Waals surface area contributed by atoms with E-state index in [4.69, 9.17) is 4.74 Å². The lowest BCUT2D eigenvalue weighted by molar-refractivity contribution is -0.137. The highest BCUT2D eigenvalue weighted by Gasteiger charge is 2.31. The number of rotatable bonds is 6. The van der Waals surface area contributed by atoms with Crippen molar-refractivity contribution in [3.63, 3.8) is 0 Å². The Kier molecular flexibility index (Phi) is 6.08. The lowest BCUT2D eigenvalue weighted by atomic mass is 10.1. The summed E-state index contributed by atoms with van der Waals surface area (Å²) in [5.41, 5.74) is 0.625. The molecule has 8 heteroatoms. The van der Waals surface area contributed by atoms with E-state index in [1.807, 2.05) is 13.0 Å². The summed E-state index contributed by atoms with van der Waals surface area (Å²) >= 11 is 1.23. The number of thiophene rings is 1. The van der Waals surface area contributed by atoms with E-state index >= 15 is 0 Å². The van der Waals surface area contributed by atoms with Crippen LogP contribution in [0.5, 0.6) is 0 Å². The fraction of sp³-hybridized carbons (Fsp3) is 0.389. The van der Waals surface area contributed by atoms with E-state index in [9.17, 15) is 13.2 Å². The lowest BCUT2D eigenvalue weighted by Crippen LogP contribution is -2.47. The molecule has 1 aromatic heterocycles. The van der Waals surface area contributed by atoms with Crippen LogP contribution in [-0.4, -0.2) is 45.5 Å². The van der Waals surface area contributed by atoms with Crippen molar-refractivity contribution >= 4 is 27.3 Å². The van der Waals surface area contributed by atoms with Gasteiger partial charge in [-0.3, -0.25) is 4.79 Å². The van der Waals surface area contributed by atoms with Gasteiger partial charge in [0, 0.05) is 18.0 Å². The Morgan fingerprint density at radius 2 is 1.88 bits per heavy atom. The summed E-state index contributed by atoms with van der Waals surface area (Å²) in [5, 5.41) is 0. The molecule has 3 rings (SSSR count). The number of nitrogens with zero attached hydrogens (tertiary/aromatic N) is 1. The molecule has 0 aliphatic carbocycles. The SMILES string of the molecule is CCc1ccc(S(=O)(=O)N[C@H](C(=O)N2CCOCC2)c2ccccc2)s1. The smallest absolute Gasteiger partial charge is 0.251 e. The summed E-state index contributed by atoms with van der Waals surface area (Å²) in [4.78, 5) is 15.7. The molecule has 1 aliphatic rings. The minimum absolute atomic E-state index is 0.227. The van der Waals surface area contributed by atoms with Gasteiger partial charge in [0.05, 0.1) is 13.2 Å². The Labute approximate surface area is 157 Å². The summed E-state index contributed by atoms with van der Waals surface area (Å²) < 4.78 is 33.8. The molecule has 1 aliphatic heterocycles. The number of benzene rings is 1. The van der Waals surface area contributed by atoms with Crippen LogP contribution in [0.2, 0.25) is 0 Å². The van der Waals surface area contributed by atoms with Crippen molar-refractivity contribution in [2.75, 3.05) is 26.3 Å². The number of hydrogen-bond acceptors (Lipinski definition) is 5. The molecule has 1 amide bonds. The molecule has 2 aromatic rings. The van der Waals surface area contributed by atoms with Crippen molar-refractivity contribution in [2.24, 2.45) is 0 Å². The van der Waals surface area contributed by atoms with Crippen LogP contribution in [0, 0.1) is 0 Å². The highest BCUT2D eigenvalue weighted by atomic mass is 32.2. The second-order valence-electron chi connectivity index (χ2n) is 5.98. The van der Waals surface area contributed by atoms with E-state index in [1.165, 1.54) is 11.3 Å². The first-order valence-electron chi connectivity index (χ1n) is 8.54. The molecule has 0 radical (unpaired) electrons. The second-order valence-corrected chi connectivity index (χ2v) is 9.09. The highest BCUT2D eigenvalue weighted by Crippen LogP contribution is 2.25. The molecule has 1 aromatic carbocycles. The van der Waals surface area contributed by atoms with Crippen molar-refractivity contribution in [1.29, 1.82) is 0 Å². The Bertz CT molecular complexity index is 843. The van der Waals surface area contributed by atoms with E-state index < -0.39 is 16.1 Å². The normalized spacial score (nSPS) is 16.4. The Hall–Kier alpha value is -1.74. The van der Waals surface area contributed by atoms with E-state index in [-0.39, 0.29) is 10.1 Å². The number of nitrogens with one attached hydrogen (secondary N) is 1. The van der Waals surface area contributed by atoms with Crippen molar-refractivity contribution < 1.29 is 17.9 Å². The van der Waals surface area contributed by atoms with Gasteiger partial charge >= 0.3 is 0 Å². The first-order chi connectivity index (χ1) is 12.5. The largest absolute Gasteiger partial charge is 0.378 e. The maximum atomic E-state index is 13.0. The average molecular weight is 395 g/mol. The second kappa shape index (κ2) is 8.30. The van der Waals surface area contributed by atoms with Crippen LogP contribution in [0.1, 0.15) is 23.4 Å². The average Bonchev–Trinajstić information content (AvgIpc) is 3.17. The minimum Gasteiger partial charge on any atom is -0.378 e. The number of amides is 1. The summed E-state index contributed by atoms with van der Waals surface area (Å²) in [5.74, 6) is -0.254. The molecule has 140 valence electrons. The minimum atomic E-state index is -3.79. The zero-order valence-electron chi connectivity index (χ0n) is 14.6.